The van der Waals surface area contributed by atoms with Gasteiger partial charge in [0.2, 0.25) is 0 Å². The second-order valence-corrected chi connectivity index (χ2v) is 6.46. The number of methoxy groups -OCH3 is 1. The van der Waals surface area contributed by atoms with Crippen LogP contribution in [0.15, 0.2) is 35.3 Å². The van der Waals surface area contributed by atoms with E-state index in [0.29, 0.717) is 39.6 Å². The number of benzene rings is 1. The lowest BCUT2D eigenvalue weighted by Gasteiger charge is -2.12. The van der Waals surface area contributed by atoms with Gasteiger partial charge in [0.1, 0.15) is 11.4 Å². The quantitative estimate of drug-likeness (QED) is 0.760. The highest BCUT2D eigenvalue weighted by atomic mass is 35.5. The average molecular weight is 374 g/mol. The number of amides is 1. The summed E-state index contributed by atoms with van der Waals surface area (Å²) in [6.45, 7) is 4.33. The van der Waals surface area contributed by atoms with E-state index in [1.807, 2.05) is 19.9 Å². The molecule has 0 atom stereocenters. The van der Waals surface area contributed by atoms with Crippen molar-refractivity contribution in [1.82, 2.24) is 9.13 Å². The number of nitrogens with one attached hydrogen (secondary N) is 1. The minimum atomic E-state index is -0.328. The molecule has 0 bridgehead atoms. The molecule has 0 spiro atoms. The highest BCUT2D eigenvalue weighted by molar-refractivity contribution is 6.31. The first-order valence-corrected chi connectivity index (χ1v) is 8.59. The molecule has 0 radical (unpaired) electrons. The molecule has 0 aliphatic rings. The summed E-state index contributed by atoms with van der Waals surface area (Å²) in [7, 11) is 3.28. The summed E-state index contributed by atoms with van der Waals surface area (Å²) in [5.41, 5.74) is 2.34. The third kappa shape index (κ3) is 2.97. The van der Waals surface area contributed by atoms with Crippen molar-refractivity contribution in [2.45, 2.75) is 20.4 Å². The van der Waals surface area contributed by atoms with Crippen molar-refractivity contribution >= 4 is 34.1 Å². The molecule has 7 heteroatoms. The molecule has 2 heterocycles. The van der Waals surface area contributed by atoms with Gasteiger partial charge in [-0.2, -0.15) is 0 Å². The maximum atomic E-state index is 12.8. The number of hydrogen-bond donors (Lipinski definition) is 1. The zero-order valence-electron chi connectivity index (χ0n) is 15.1. The SMILES string of the molecule is CCn1ccc2c(cc(C(=O)Nc3cc(C)c(Cl)cc3OC)n2C)c1=O. The third-order valence-corrected chi connectivity index (χ3v) is 4.89. The van der Waals surface area contributed by atoms with Gasteiger partial charge < -0.3 is 19.2 Å². The fraction of sp³-hybridized carbons (Fsp3) is 0.263. The first kappa shape index (κ1) is 18.1. The lowest BCUT2D eigenvalue weighted by molar-refractivity contribution is 0.101. The average Bonchev–Trinajstić information content (AvgIpc) is 2.96. The molecule has 136 valence electrons. The number of carbonyl (C=O) groups excluding carboxylic acids is 1. The fourth-order valence-corrected chi connectivity index (χ4v) is 3.11. The normalized spacial score (nSPS) is 11.0. The standard InChI is InChI=1S/C19H20ClN3O3/c1-5-23-7-6-15-12(19(23)25)9-16(22(15)3)18(24)21-14-8-11(2)13(20)10-17(14)26-4/h6-10H,5H2,1-4H3,(H,21,24). The molecule has 3 aromatic rings. The van der Waals surface area contributed by atoms with E-state index in [1.165, 1.54) is 7.11 Å². The van der Waals surface area contributed by atoms with E-state index in [4.69, 9.17) is 16.3 Å². The Morgan fingerprint density at radius 1 is 1.31 bits per heavy atom. The van der Waals surface area contributed by atoms with Crippen LogP contribution in [0.1, 0.15) is 23.0 Å². The molecule has 0 saturated heterocycles. The lowest BCUT2D eigenvalue weighted by atomic mass is 10.2. The van der Waals surface area contributed by atoms with E-state index in [1.54, 1.807) is 40.6 Å². The van der Waals surface area contributed by atoms with Gasteiger partial charge in [-0.1, -0.05) is 11.6 Å². The summed E-state index contributed by atoms with van der Waals surface area (Å²) in [6, 6.07) is 6.87. The van der Waals surface area contributed by atoms with Gasteiger partial charge in [0.15, 0.2) is 0 Å². The van der Waals surface area contributed by atoms with Crippen LogP contribution in [0.4, 0.5) is 5.69 Å². The van der Waals surface area contributed by atoms with E-state index >= 15 is 0 Å². The van der Waals surface area contributed by atoms with Crippen LogP contribution < -0.4 is 15.6 Å². The van der Waals surface area contributed by atoms with Crippen molar-refractivity contribution in [3.63, 3.8) is 0 Å². The van der Waals surface area contributed by atoms with Crippen molar-refractivity contribution in [1.29, 1.82) is 0 Å². The highest BCUT2D eigenvalue weighted by Gasteiger charge is 2.18. The van der Waals surface area contributed by atoms with E-state index in [2.05, 4.69) is 5.32 Å². The fourth-order valence-electron chi connectivity index (χ4n) is 2.96. The Kier molecular flexibility index (Phi) is 4.78. The number of aromatic nitrogens is 2. The molecule has 1 aromatic carbocycles. The topological polar surface area (TPSA) is 65.3 Å². The lowest BCUT2D eigenvalue weighted by Crippen LogP contribution is -2.17. The van der Waals surface area contributed by atoms with Crippen molar-refractivity contribution in [2.24, 2.45) is 7.05 Å². The third-order valence-electron chi connectivity index (χ3n) is 4.49. The molecule has 6 nitrogen and oxygen atoms in total. The molecule has 1 N–H and O–H groups in total. The number of halogens is 1. The maximum Gasteiger partial charge on any atom is 0.272 e. The smallest absolute Gasteiger partial charge is 0.272 e. The van der Waals surface area contributed by atoms with Crippen LogP contribution >= 0.6 is 11.6 Å². The maximum absolute atomic E-state index is 12.8. The van der Waals surface area contributed by atoms with Crippen LogP contribution in [0.3, 0.4) is 0 Å². The molecular weight excluding hydrogens is 354 g/mol. The first-order chi connectivity index (χ1) is 12.4. The number of pyridine rings is 1. The second-order valence-electron chi connectivity index (χ2n) is 6.05. The molecule has 2 aromatic heterocycles. The van der Waals surface area contributed by atoms with E-state index < -0.39 is 0 Å². The molecule has 0 unspecified atom stereocenters. The highest BCUT2D eigenvalue weighted by Crippen LogP contribution is 2.31. The van der Waals surface area contributed by atoms with Crippen molar-refractivity contribution < 1.29 is 9.53 Å². The molecule has 0 aliphatic heterocycles. The predicted octanol–water partition coefficient (Wildman–Crippen LogP) is 3.58. The zero-order valence-corrected chi connectivity index (χ0v) is 15.8. The van der Waals surface area contributed by atoms with Gasteiger partial charge in [-0.25, -0.2) is 0 Å². The summed E-state index contributed by atoms with van der Waals surface area (Å²) >= 11 is 6.11. The number of carbonyl (C=O) groups is 1. The van der Waals surface area contributed by atoms with Gasteiger partial charge in [-0.3, -0.25) is 9.59 Å². The van der Waals surface area contributed by atoms with E-state index in [9.17, 15) is 9.59 Å². The Hall–Kier alpha value is -2.73. The van der Waals surface area contributed by atoms with Gasteiger partial charge >= 0.3 is 0 Å². The number of nitrogens with zero attached hydrogens (tertiary/aromatic N) is 2. The van der Waals surface area contributed by atoms with Crippen LogP contribution in [0.2, 0.25) is 5.02 Å². The monoisotopic (exact) mass is 373 g/mol. The van der Waals surface area contributed by atoms with Crippen LogP contribution in [0.5, 0.6) is 5.75 Å². The molecule has 3 rings (SSSR count). The molecule has 0 fully saturated rings. The largest absolute Gasteiger partial charge is 0.495 e. The first-order valence-electron chi connectivity index (χ1n) is 8.21. The zero-order chi connectivity index (χ0) is 19.0. The van der Waals surface area contributed by atoms with Crippen molar-refractivity contribution in [2.75, 3.05) is 12.4 Å². The van der Waals surface area contributed by atoms with Gasteiger partial charge in [0.05, 0.1) is 23.7 Å². The van der Waals surface area contributed by atoms with Gasteiger partial charge in [-0.15, -0.1) is 0 Å². The van der Waals surface area contributed by atoms with Gasteiger partial charge in [0, 0.05) is 30.9 Å². The van der Waals surface area contributed by atoms with Gasteiger partial charge in [0.25, 0.3) is 11.5 Å². The number of fused-ring (bicyclic) bond motifs is 1. The van der Waals surface area contributed by atoms with Crippen LogP contribution in [-0.4, -0.2) is 22.2 Å². The molecule has 0 saturated carbocycles. The Bertz CT molecular complexity index is 1070. The van der Waals surface area contributed by atoms with Crippen molar-refractivity contribution in [3.8, 4) is 5.75 Å². The van der Waals surface area contributed by atoms with Crippen LogP contribution in [0, 0.1) is 6.92 Å². The summed E-state index contributed by atoms with van der Waals surface area (Å²) < 4.78 is 8.61. The summed E-state index contributed by atoms with van der Waals surface area (Å²) in [6.07, 6.45) is 1.73. The number of ether oxygens (including phenoxy) is 1. The Morgan fingerprint density at radius 2 is 2.04 bits per heavy atom. The Balaban J connectivity index is 2.04. The minimum absolute atomic E-state index is 0.112. The number of anilines is 1. The Labute approximate surface area is 155 Å². The number of aryl methyl sites for hydroxylation is 3. The molecular formula is C19H20ClN3O3. The molecule has 1 amide bonds. The molecule has 26 heavy (non-hydrogen) atoms. The summed E-state index contributed by atoms with van der Waals surface area (Å²) in [5, 5.41) is 3.92. The number of hydrogen-bond acceptors (Lipinski definition) is 3. The molecule has 0 aliphatic carbocycles. The summed E-state index contributed by atoms with van der Waals surface area (Å²) in [4.78, 5) is 25.3. The number of rotatable bonds is 4. The second kappa shape index (κ2) is 6.88. The van der Waals surface area contributed by atoms with Crippen LogP contribution in [0.25, 0.3) is 10.9 Å². The van der Waals surface area contributed by atoms with Gasteiger partial charge in [-0.05, 0) is 37.6 Å². The predicted molar refractivity (Wildman–Crippen MR) is 104 cm³/mol. The van der Waals surface area contributed by atoms with E-state index in [-0.39, 0.29) is 11.5 Å². The Morgan fingerprint density at radius 3 is 2.69 bits per heavy atom. The summed E-state index contributed by atoms with van der Waals surface area (Å²) in [5.74, 6) is 0.146. The van der Waals surface area contributed by atoms with Crippen LogP contribution in [-0.2, 0) is 13.6 Å². The van der Waals surface area contributed by atoms with E-state index in [0.717, 1.165) is 5.56 Å². The minimum Gasteiger partial charge on any atom is -0.495 e. The van der Waals surface area contributed by atoms with Crippen molar-refractivity contribution in [3.05, 3.63) is 57.1 Å².